The first-order valence-electron chi connectivity index (χ1n) is 9.98. The number of nitrogen functional groups attached to an aromatic ring is 1. The van der Waals surface area contributed by atoms with E-state index in [9.17, 15) is 13.6 Å². The van der Waals surface area contributed by atoms with Crippen LogP contribution in [0.1, 0.15) is 12.8 Å². The lowest BCUT2D eigenvalue weighted by Gasteiger charge is -2.19. The Hall–Kier alpha value is -3.49. The average molecular weight is 428 g/mol. The van der Waals surface area contributed by atoms with Gasteiger partial charge in [0.1, 0.15) is 24.0 Å². The molecule has 1 atom stereocenters. The van der Waals surface area contributed by atoms with Crippen LogP contribution in [0.2, 0.25) is 0 Å². The first kappa shape index (κ1) is 20.8. The second-order valence-electron chi connectivity index (χ2n) is 7.26. The molecule has 0 bridgehead atoms. The number of ether oxygens (including phenoxy) is 1. The van der Waals surface area contributed by atoms with Gasteiger partial charge in [-0.05, 0) is 50.2 Å². The van der Waals surface area contributed by atoms with Gasteiger partial charge in [0, 0.05) is 6.54 Å². The zero-order valence-corrected chi connectivity index (χ0v) is 16.7. The highest BCUT2D eigenvalue weighted by Gasteiger charge is 2.21. The SMILES string of the molecule is Nc1nc(NC2C=CC(OCCN3CCCC3)=CC2=C=O)nn1-c1c(F)cccc1F. The lowest BCUT2D eigenvalue weighted by atomic mass is 10.0. The van der Waals surface area contributed by atoms with Crippen LogP contribution in [0.25, 0.3) is 5.69 Å². The number of halogens is 2. The number of hydrogen-bond acceptors (Lipinski definition) is 7. The molecule has 162 valence electrons. The molecule has 1 unspecified atom stereocenters. The zero-order valence-electron chi connectivity index (χ0n) is 16.7. The van der Waals surface area contributed by atoms with E-state index < -0.39 is 23.4 Å². The molecule has 0 saturated carbocycles. The van der Waals surface area contributed by atoms with Gasteiger partial charge in [0.25, 0.3) is 0 Å². The van der Waals surface area contributed by atoms with Crippen molar-refractivity contribution in [3.63, 3.8) is 0 Å². The normalized spacial score (nSPS) is 18.7. The van der Waals surface area contributed by atoms with Crippen LogP contribution in [-0.2, 0) is 9.53 Å². The van der Waals surface area contributed by atoms with Crippen LogP contribution in [-0.4, -0.2) is 57.9 Å². The number of likely N-dealkylation sites (tertiary alicyclic amines) is 1. The molecule has 1 fully saturated rings. The summed E-state index contributed by atoms with van der Waals surface area (Å²) in [7, 11) is 0. The smallest absolute Gasteiger partial charge is 0.245 e. The van der Waals surface area contributed by atoms with Crippen LogP contribution in [0.3, 0.4) is 0 Å². The predicted molar refractivity (Wildman–Crippen MR) is 111 cm³/mol. The van der Waals surface area contributed by atoms with Gasteiger partial charge >= 0.3 is 0 Å². The Balaban J connectivity index is 1.42. The topological polar surface area (TPSA) is 98.3 Å². The number of anilines is 2. The number of nitrogens with one attached hydrogen (secondary N) is 1. The van der Waals surface area contributed by atoms with E-state index in [0.717, 1.165) is 36.4 Å². The summed E-state index contributed by atoms with van der Waals surface area (Å²) >= 11 is 0. The van der Waals surface area contributed by atoms with E-state index in [2.05, 4.69) is 20.3 Å². The van der Waals surface area contributed by atoms with E-state index in [-0.39, 0.29) is 17.5 Å². The van der Waals surface area contributed by atoms with E-state index in [1.165, 1.54) is 18.9 Å². The Morgan fingerprint density at radius 3 is 2.71 bits per heavy atom. The summed E-state index contributed by atoms with van der Waals surface area (Å²) in [6.45, 7) is 3.53. The van der Waals surface area contributed by atoms with Gasteiger partial charge in [-0.15, -0.1) is 5.10 Å². The summed E-state index contributed by atoms with van der Waals surface area (Å²) < 4.78 is 34.7. The molecular formula is C21H22F2N6O2. The monoisotopic (exact) mass is 428 g/mol. The third-order valence-electron chi connectivity index (χ3n) is 5.14. The molecule has 2 heterocycles. The van der Waals surface area contributed by atoms with Crippen LogP contribution in [0.15, 0.2) is 47.8 Å². The summed E-state index contributed by atoms with van der Waals surface area (Å²) in [5.41, 5.74) is 5.64. The molecule has 0 spiro atoms. The molecule has 1 saturated heterocycles. The first-order chi connectivity index (χ1) is 15.0. The molecule has 2 aliphatic rings. The van der Waals surface area contributed by atoms with Gasteiger partial charge in [0.2, 0.25) is 11.9 Å². The molecule has 1 aliphatic heterocycles. The lowest BCUT2D eigenvalue weighted by Crippen LogP contribution is -2.25. The van der Waals surface area contributed by atoms with Crippen molar-refractivity contribution >= 4 is 17.8 Å². The third-order valence-corrected chi connectivity index (χ3v) is 5.14. The van der Waals surface area contributed by atoms with Crippen molar-refractivity contribution < 1.29 is 18.3 Å². The predicted octanol–water partition coefficient (Wildman–Crippen LogP) is 2.23. The average Bonchev–Trinajstić information content (AvgIpc) is 3.39. The molecule has 31 heavy (non-hydrogen) atoms. The number of para-hydroxylation sites is 1. The van der Waals surface area contributed by atoms with Crippen molar-refractivity contribution in [2.75, 3.05) is 37.3 Å². The Kier molecular flexibility index (Phi) is 6.11. The minimum absolute atomic E-state index is 0.00866. The van der Waals surface area contributed by atoms with Crippen LogP contribution >= 0.6 is 0 Å². The van der Waals surface area contributed by atoms with E-state index in [4.69, 9.17) is 10.5 Å². The molecule has 1 aromatic carbocycles. The van der Waals surface area contributed by atoms with Crippen LogP contribution in [0.4, 0.5) is 20.7 Å². The van der Waals surface area contributed by atoms with Gasteiger partial charge in [-0.1, -0.05) is 12.1 Å². The van der Waals surface area contributed by atoms with Gasteiger partial charge < -0.3 is 15.8 Å². The van der Waals surface area contributed by atoms with E-state index >= 15 is 0 Å². The summed E-state index contributed by atoms with van der Waals surface area (Å²) in [5.74, 6) is 0.589. The number of nitrogens with zero attached hydrogens (tertiary/aromatic N) is 4. The van der Waals surface area contributed by atoms with E-state index in [0.29, 0.717) is 12.4 Å². The highest BCUT2D eigenvalue weighted by atomic mass is 19.1. The molecule has 0 amide bonds. The maximum absolute atomic E-state index is 14.0. The number of allylic oxidation sites excluding steroid dienone is 1. The molecule has 8 nitrogen and oxygen atoms in total. The van der Waals surface area contributed by atoms with Gasteiger partial charge in [-0.2, -0.15) is 9.67 Å². The number of carbonyl (C=O) groups excluding carboxylic acids is 1. The quantitative estimate of drug-likeness (QED) is 0.653. The maximum atomic E-state index is 14.0. The van der Waals surface area contributed by atoms with E-state index in [1.54, 1.807) is 18.2 Å². The molecule has 0 radical (unpaired) electrons. The van der Waals surface area contributed by atoms with Gasteiger partial charge in [0.05, 0.1) is 11.6 Å². The van der Waals surface area contributed by atoms with Gasteiger partial charge in [-0.25, -0.2) is 13.6 Å². The van der Waals surface area contributed by atoms with Crippen LogP contribution in [0.5, 0.6) is 0 Å². The molecule has 10 heteroatoms. The van der Waals surface area contributed by atoms with E-state index in [1.807, 2.05) is 5.94 Å². The largest absolute Gasteiger partial charge is 0.492 e. The van der Waals surface area contributed by atoms with Crippen LogP contribution < -0.4 is 11.1 Å². The molecule has 1 aliphatic carbocycles. The van der Waals surface area contributed by atoms with Crippen LogP contribution in [0, 0.1) is 11.6 Å². The Bertz CT molecular complexity index is 1050. The first-order valence-corrected chi connectivity index (χ1v) is 9.98. The second-order valence-corrected chi connectivity index (χ2v) is 7.26. The van der Waals surface area contributed by atoms with Crippen molar-refractivity contribution in [2.45, 2.75) is 18.9 Å². The third kappa shape index (κ3) is 4.65. The van der Waals surface area contributed by atoms with Crippen molar-refractivity contribution in [3.8, 4) is 5.69 Å². The fourth-order valence-electron chi connectivity index (χ4n) is 3.57. The molecule has 1 aromatic heterocycles. The lowest BCUT2D eigenvalue weighted by molar-refractivity contribution is 0.179. The minimum Gasteiger partial charge on any atom is -0.492 e. The van der Waals surface area contributed by atoms with Crippen molar-refractivity contribution in [3.05, 3.63) is 59.4 Å². The standard InChI is InChI=1S/C21H22F2N6O2/c22-16-4-3-5-17(23)19(16)29-20(24)26-21(27-29)25-18-7-6-15(12-14(18)13-30)31-11-10-28-8-1-2-9-28/h3-7,12,18H,1-2,8-11H2,(H3,24,25,26,27). The summed E-state index contributed by atoms with van der Waals surface area (Å²) in [6, 6.07) is 2.84. The maximum Gasteiger partial charge on any atom is 0.245 e. The fraction of sp³-hybridized carbons (Fsp3) is 0.333. The Morgan fingerprint density at radius 1 is 1.26 bits per heavy atom. The fourth-order valence-corrected chi connectivity index (χ4v) is 3.57. The Morgan fingerprint density at radius 2 is 2.00 bits per heavy atom. The van der Waals surface area contributed by atoms with Gasteiger partial charge in [0.15, 0.2) is 11.6 Å². The number of aromatic nitrogens is 3. The number of benzene rings is 1. The van der Waals surface area contributed by atoms with Crippen molar-refractivity contribution in [1.82, 2.24) is 19.7 Å². The highest BCUT2D eigenvalue weighted by Crippen LogP contribution is 2.23. The number of rotatable bonds is 7. The van der Waals surface area contributed by atoms with Gasteiger partial charge in [-0.3, -0.25) is 4.90 Å². The zero-order chi connectivity index (χ0) is 21.8. The second kappa shape index (κ2) is 9.11. The number of nitrogens with two attached hydrogens (primary N) is 1. The van der Waals surface area contributed by atoms with Crippen molar-refractivity contribution in [2.24, 2.45) is 0 Å². The highest BCUT2D eigenvalue weighted by molar-refractivity contribution is 5.65. The molecular weight excluding hydrogens is 406 g/mol. The minimum atomic E-state index is -0.826. The molecule has 2 aromatic rings. The summed E-state index contributed by atoms with van der Waals surface area (Å²) in [6.07, 6.45) is 7.45. The molecule has 3 N–H and O–H groups in total. The number of hydrogen-bond donors (Lipinski definition) is 2. The summed E-state index contributed by atoms with van der Waals surface area (Å²) in [5, 5.41) is 6.94. The summed E-state index contributed by atoms with van der Waals surface area (Å²) in [4.78, 5) is 17.8. The Labute approximate surface area is 177 Å². The van der Waals surface area contributed by atoms with Crippen molar-refractivity contribution in [1.29, 1.82) is 0 Å². The molecule has 4 rings (SSSR count).